The van der Waals surface area contributed by atoms with E-state index >= 15 is 0 Å². The molecule has 21 nitrogen and oxygen atoms in total. The van der Waals surface area contributed by atoms with Gasteiger partial charge in [0, 0.05) is 11.8 Å². The van der Waals surface area contributed by atoms with Crippen LogP contribution in [0.5, 0.6) is 0 Å². The molecule has 24 heteroatoms. The third-order valence-corrected chi connectivity index (χ3v) is 11.0. The molecule has 3 aromatic rings. The Kier molecular flexibility index (Phi) is 11.2. The van der Waals surface area contributed by atoms with Gasteiger partial charge in [0.25, 0.3) is 12.1 Å². The normalized spacial score (nSPS) is 30.0. The van der Waals surface area contributed by atoms with Crippen LogP contribution >= 0.6 is 27.4 Å². The molecular weight excluding hydrogens is 704 g/mol. The minimum atomic E-state index is -5.40. The van der Waals surface area contributed by atoms with Gasteiger partial charge in [-0.05, 0) is 12.5 Å². The highest BCUT2D eigenvalue weighted by Gasteiger charge is 2.50. The Labute approximate surface area is 275 Å². The number of primary amides is 1. The Morgan fingerprint density at radius 1 is 1.04 bits per heavy atom. The summed E-state index contributed by atoms with van der Waals surface area (Å²) < 4.78 is 52.9. The van der Waals surface area contributed by atoms with Crippen molar-refractivity contribution < 1.29 is 71.5 Å². The summed E-state index contributed by atoms with van der Waals surface area (Å²) in [5, 5.41) is 42.7. The fraction of sp³-hybridized carbons (Fsp3) is 0.542. The smallest absolute Gasteiger partial charge is 0.387 e. The van der Waals surface area contributed by atoms with E-state index in [9.17, 15) is 44.1 Å². The number of phosphoric ester groups is 2. The molecule has 2 saturated heterocycles. The van der Waals surface area contributed by atoms with Crippen LogP contribution in [0.3, 0.4) is 0 Å². The molecule has 3 aromatic heterocycles. The van der Waals surface area contributed by atoms with E-state index in [1.165, 1.54) is 51.7 Å². The molecule has 48 heavy (non-hydrogen) atoms. The Hall–Kier alpha value is -2.66. The van der Waals surface area contributed by atoms with Crippen LogP contribution in [-0.2, 0) is 32.0 Å². The van der Waals surface area contributed by atoms with Gasteiger partial charge >= 0.3 is 15.6 Å². The van der Waals surface area contributed by atoms with Gasteiger partial charge in [0.15, 0.2) is 46.9 Å². The summed E-state index contributed by atoms with van der Waals surface area (Å²) in [6.07, 6.45) is -7.33. The first-order chi connectivity index (χ1) is 22.6. The number of phosphoric acid groups is 2. The van der Waals surface area contributed by atoms with Crippen molar-refractivity contribution in [1.82, 2.24) is 19.5 Å². The van der Waals surface area contributed by atoms with Crippen molar-refractivity contribution in [3.63, 3.8) is 0 Å². The molecule has 10 N–H and O–H groups in total. The van der Waals surface area contributed by atoms with Crippen molar-refractivity contribution in [2.45, 2.75) is 67.6 Å². The second kappa shape index (κ2) is 14.7. The summed E-state index contributed by atoms with van der Waals surface area (Å²) in [5.41, 5.74) is 11.7. The van der Waals surface area contributed by atoms with Gasteiger partial charge in [-0.2, -0.15) is 8.88 Å². The van der Waals surface area contributed by atoms with Gasteiger partial charge < -0.3 is 51.2 Å². The summed E-state index contributed by atoms with van der Waals surface area (Å²) in [7, 11) is -10.8. The largest absolute Gasteiger partial charge is 0.481 e. The number of aliphatic hydroxyl groups excluding tert-OH is 4. The molecule has 0 spiro atoms. The number of nitrogens with two attached hydrogens (primary N) is 2. The molecule has 10 atom stereocenters. The summed E-state index contributed by atoms with van der Waals surface area (Å²) in [4.78, 5) is 44.3. The molecule has 0 saturated carbocycles. The van der Waals surface area contributed by atoms with Crippen LogP contribution in [0, 0.1) is 0 Å². The van der Waals surface area contributed by atoms with E-state index in [4.69, 9.17) is 30.0 Å². The third kappa shape index (κ3) is 7.87. The number of fused-ring (bicyclic) bond motifs is 1. The van der Waals surface area contributed by atoms with Crippen LogP contribution in [0.2, 0.25) is 0 Å². The first-order valence-electron chi connectivity index (χ1n) is 14.2. The molecule has 264 valence electrons. The van der Waals surface area contributed by atoms with Crippen LogP contribution in [0.15, 0.2) is 36.0 Å². The van der Waals surface area contributed by atoms with Crippen LogP contribution in [0.4, 0.5) is 5.82 Å². The molecule has 10 unspecified atom stereocenters. The number of rotatable bonds is 14. The molecule has 0 aliphatic carbocycles. The highest BCUT2D eigenvalue weighted by molar-refractivity contribution is 7.99. The van der Waals surface area contributed by atoms with Gasteiger partial charge in [-0.1, -0.05) is 18.7 Å². The van der Waals surface area contributed by atoms with E-state index < -0.39 is 83.8 Å². The Morgan fingerprint density at radius 3 is 2.33 bits per heavy atom. The lowest BCUT2D eigenvalue weighted by atomic mass is 10.1. The number of thioether (sulfide) groups is 1. The van der Waals surface area contributed by atoms with Crippen molar-refractivity contribution in [3.05, 3.63) is 36.4 Å². The average molecular weight is 739 g/mol. The van der Waals surface area contributed by atoms with Crippen molar-refractivity contribution in [1.29, 1.82) is 0 Å². The zero-order chi connectivity index (χ0) is 35.0. The lowest BCUT2D eigenvalue weighted by molar-refractivity contribution is -0.765. The van der Waals surface area contributed by atoms with Crippen LogP contribution in [0.1, 0.15) is 36.2 Å². The fourth-order valence-electron chi connectivity index (χ4n) is 4.93. The fourth-order valence-corrected chi connectivity index (χ4v) is 7.90. The second-order valence-electron chi connectivity index (χ2n) is 10.7. The maximum absolute atomic E-state index is 12.6. The molecule has 0 bridgehead atoms. The topological polar surface area (TPSA) is 318 Å². The van der Waals surface area contributed by atoms with Crippen molar-refractivity contribution in [2.75, 3.05) is 24.7 Å². The zero-order valence-electron chi connectivity index (χ0n) is 25.0. The summed E-state index contributed by atoms with van der Waals surface area (Å²) >= 11 is 1.30. The van der Waals surface area contributed by atoms with E-state index in [1.54, 1.807) is 0 Å². The number of imidazole rings is 1. The quantitative estimate of drug-likeness (QED) is 0.0529. The van der Waals surface area contributed by atoms with E-state index in [1.807, 2.05) is 6.92 Å². The molecule has 1 amide bonds. The van der Waals surface area contributed by atoms with Gasteiger partial charge in [-0.15, -0.1) is 0 Å². The monoisotopic (exact) mass is 738 g/mol. The number of hydrogen-bond acceptors (Lipinski definition) is 17. The number of aromatic nitrogens is 5. The predicted octanol–water partition coefficient (Wildman–Crippen LogP) is -1.51. The van der Waals surface area contributed by atoms with Gasteiger partial charge in [-0.25, -0.2) is 24.1 Å². The molecule has 0 radical (unpaired) electrons. The van der Waals surface area contributed by atoms with Gasteiger partial charge in [0.2, 0.25) is 0 Å². The molecule has 2 aliphatic heterocycles. The van der Waals surface area contributed by atoms with Crippen molar-refractivity contribution >= 4 is 50.3 Å². The predicted molar refractivity (Wildman–Crippen MR) is 160 cm³/mol. The minimum Gasteiger partial charge on any atom is -0.387 e. The van der Waals surface area contributed by atoms with Crippen LogP contribution in [-0.4, -0.2) is 111 Å². The van der Waals surface area contributed by atoms with Gasteiger partial charge in [0.1, 0.15) is 42.4 Å². The molecule has 5 rings (SSSR count). The number of aliphatic hydroxyl groups is 4. The lowest BCUT2D eigenvalue weighted by Gasteiger charge is -2.20. The van der Waals surface area contributed by atoms with Crippen LogP contribution < -0.4 is 16.0 Å². The summed E-state index contributed by atoms with van der Waals surface area (Å²) in [6, 6.07) is 2.84. The van der Waals surface area contributed by atoms with E-state index in [2.05, 4.69) is 19.3 Å². The first-order valence-corrected chi connectivity index (χ1v) is 18.2. The maximum Gasteiger partial charge on any atom is 0.481 e. The highest BCUT2D eigenvalue weighted by Crippen LogP contribution is 2.60. The highest BCUT2D eigenvalue weighted by atomic mass is 32.2. The lowest BCUT2D eigenvalue weighted by Crippen LogP contribution is -2.46. The number of carbonyl (C=O) groups is 1. The number of ether oxygens (including phenoxy) is 2. The number of carbonyl (C=O) groups excluding carboxylic acids is 1. The third-order valence-electron chi connectivity index (χ3n) is 7.25. The minimum absolute atomic E-state index is 0.0675. The maximum atomic E-state index is 12.6. The number of pyridine rings is 1. The standard InChI is InChI=1S/C24H33N7O14P2S/c1-2-6-48-24-29-14-19(25)27-10-28-21(14)31(24)23-18(35)16(33)13(44-23)9-42-47(39,40)45-46(37,38)41-8-12-15(32)17(34)22(43-12)30-5-3-4-11(7-30)20(26)36/h3-5,7,10,12-13,15-18,22-23,32-35H,2,6,8-9H2,1H3,(H5-,25,26,27,28,36,37,38,39,40)/p+1. The van der Waals surface area contributed by atoms with Gasteiger partial charge in [0.05, 0.1) is 13.2 Å². The Morgan fingerprint density at radius 2 is 1.69 bits per heavy atom. The molecule has 2 aliphatic rings. The number of hydrogen-bond donors (Lipinski definition) is 8. The zero-order valence-corrected chi connectivity index (χ0v) is 27.6. The Balaban J connectivity index is 1.19. The molecular formula is C24H34N7O14P2S+. The van der Waals surface area contributed by atoms with Crippen molar-refractivity contribution in [2.24, 2.45) is 5.73 Å². The number of amides is 1. The molecule has 5 heterocycles. The van der Waals surface area contributed by atoms with Gasteiger partial charge in [-0.3, -0.25) is 18.4 Å². The molecule has 2 fully saturated rings. The number of nitrogen functional groups attached to an aromatic ring is 1. The van der Waals surface area contributed by atoms with E-state index in [0.29, 0.717) is 10.9 Å². The van der Waals surface area contributed by atoms with Crippen molar-refractivity contribution in [3.8, 4) is 0 Å². The number of nitrogens with zero attached hydrogens (tertiary/aromatic N) is 5. The Bertz CT molecular complexity index is 1740. The van der Waals surface area contributed by atoms with Crippen LogP contribution in [0.25, 0.3) is 11.2 Å². The van der Waals surface area contributed by atoms with E-state index in [0.717, 1.165) is 6.42 Å². The summed E-state index contributed by atoms with van der Waals surface area (Å²) in [6.45, 7) is 0.142. The summed E-state index contributed by atoms with van der Waals surface area (Å²) in [5.74, 6) is -0.0722. The van der Waals surface area contributed by atoms with E-state index in [-0.39, 0.29) is 22.5 Å². The SMILES string of the molecule is CCCSc1nc2c(N)ncnc2n1C1OC(COP(=O)(O)OP(=O)(O)OCC2OC([n+]3cccc(C(N)=O)c3)C(O)C2O)C(O)C1O. The second-order valence-corrected chi connectivity index (χ2v) is 14.8. The molecule has 0 aromatic carbocycles. The number of anilines is 1. The average Bonchev–Trinajstić information content (AvgIpc) is 3.64. The first kappa shape index (κ1) is 36.6.